The first kappa shape index (κ1) is 24.4. The number of amides is 3. The van der Waals surface area contributed by atoms with Crippen LogP contribution in [0, 0.1) is 0 Å². The smallest absolute Gasteiger partial charge is 0.261 e. The van der Waals surface area contributed by atoms with Crippen molar-refractivity contribution in [3.05, 3.63) is 82.0 Å². The van der Waals surface area contributed by atoms with E-state index in [1.54, 1.807) is 37.4 Å². The van der Waals surface area contributed by atoms with Crippen LogP contribution in [0.4, 0.5) is 11.4 Å². The lowest BCUT2D eigenvalue weighted by Gasteiger charge is -2.28. The van der Waals surface area contributed by atoms with Crippen molar-refractivity contribution < 1.29 is 19.1 Å². The number of hydrogen-bond acceptors (Lipinski definition) is 6. The number of thiophene rings is 1. The van der Waals surface area contributed by atoms with Crippen LogP contribution in [0.2, 0.25) is 0 Å². The molecular formula is C26H28N4O4S. The van der Waals surface area contributed by atoms with Crippen molar-refractivity contribution >= 4 is 40.4 Å². The number of rotatable bonds is 8. The lowest BCUT2D eigenvalue weighted by atomic mass is 10.1. The minimum absolute atomic E-state index is 0.0668. The minimum atomic E-state index is -0.270. The molecule has 0 atom stereocenters. The van der Waals surface area contributed by atoms with Gasteiger partial charge in [-0.3, -0.25) is 14.4 Å². The number of benzene rings is 2. The zero-order valence-corrected chi connectivity index (χ0v) is 20.3. The van der Waals surface area contributed by atoms with E-state index in [-0.39, 0.29) is 24.3 Å². The highest BCUT2D eigenvalue weighted by Crippen LogP contribution is 2.19. The van der Waals surface area contributed by atoms with Crippen LogP contribution in [0.3, 0.4) is 0 Å². The predicted octanol–water partition coefficient (Wildman–Crippen LogP) is 3.23. The molecule has 1 aromatic heterocycles. The van der Waals surface area contributed by atoms with E-state index in [9.17, 15) is 14.4 Å². The van der Waals surface area contributed by atoms with Crippen molar-refractivity contribution in [2.45, 2.75) is 6.54 Å². The predicted molar refractivity (Wildman–Crippen MR) is 137 cm³/mol. The van der Waals surface area contributed by atoms with E-state index in [1.807, 2.05) is 35.7 Å². The molecule has 1 aliphatic rings. The Balaban J connectivity index is 1.25. The summed E-state index contributed by atoms with van der Waals surface area (Å²) in [7, 11) is 1.60. The Bertz CT molecular complexity index is 1140. The first-order valence-electron chi connectivity index (χ1n) is 11.4. The molecule has 2 heterocycles. The van der Waals surface area contributed by atoms with E-state index in [0.29, 0.717) is 35.9 Å². The van der Waals surface area contributed by atoms with Gasteiger partial charge in [0.2, 0.25) is 5.91 Å². The van der Waals surface area contributed by atoms with Crippen LogP contribution in [0.25, 0.3) is 0 Å². The Morgan fingerprint density at radius 2 is 1.71 bits per heavy atom. The molecule has 0 aliphatic carbocycles. The van der Waals surface area contributed by atoms with Crippen LogP contribution in [0.5, 0.6) is 0 Å². The molecule has 35 heavy (non-hydrogen) atoms. The molecule has 0 bridgehead atoms. The van der Waals surface area contributed by atoms with E-state index in [0.717, 1.165) is 24.3 Å². The molecule has 182 valence electrons. The van der Waals surface area contributed by atoms with E-state index in [2.05, 4.69) is 15.5 Å². The van der Waals surface area contributed by atoms with Gasteiger partial charge in [-0.15, -0.1) is 11.3 Å². The molecule has 9 heteroatoms. The van der Waals surface area contributed by atoms with Crippen molar-refractivity contribution in [1.82, 2.24) is 10.2 Å². The number of nitrogens with one attached hydrogen (secondary N) is 2. The number of carbonyl (C=O) groups is 3. The highest BCUT2D eigenvalue weighted by Gasteiger charge is 2.16. The van der Waals surface area contributed by atoms with Crippen LogP contribution in [-0.4, -0.2) is 62.5 Å². The first-order chi connectivity index (χ1) is 17.0. The van der Waals surface area contributed by atoms with E-state index < -0.39 is 0 Å². The van der Waals surface area contributed by atoms with Gasteiger partial charge < -0.3 is 25.2 Å². The second-order valence-electron chi connectivity index (χ2n) is 8.21. The Hall–Kier alpha value is -3.69. The zero-order chi connectivity index (χ0) is 24.6. The van der Waals surface area contributed by atoms with Crippen molar-refractivity contribution in [3.63, 3.8) is 0 Å². The van der Waals surface area contributed by atoms with Crippen LogP contribution in [0.15, 0.2) is 66.0 Å². The monoisotopic (exact) mass is 492 g/mol. The fourth-order valence-corrected chi connectivity index (χ4v) is 4.37. The van der Waals surface area contributed by atoms with E-state index in [1.165, 1.54) is 16.2 Å². The lowest BCUT2D eigenvalue weighted by Crippen LogP contribution is -2.36. The van der Waals surface area contributed by atoms with Crippen LogP contribution < -0.4 is 15.5 Å². The Kier molecular flexibility index (Phi) is 8.12. The summed E-state index contributed by atoms with van der Waals surface area (Å²) in [5, 5.41) is 7.56. The van der Waals surface area contributed by atoms with Gasteiger partial charge in [0.25, 0.3) is 11.8 Å². The van der Waals surface area contributed by atoms with Crippen molar-refractivity contribution in [1.29, 1.82) is 0 Å². The quantitative estimate of drug-likeness (QED) is 0.504. The number of nitrogens with zero attached hydrogens (tertiary/aromatic N) is 2. The molecule has 0 unspecified atom stereocenters. The molecule has 3 amide bonds. The van der Waals surface area contributed by atoms with Gasteiger partial charge in [0.1, 0.15) is 0 Å². The average molecular weight is 493 g/mol. The number of carbonyl (C=O) groups excluding carboxylic acids is 3. The van der Waals surface area contributed by atoms with E-state index in [4.69, 9.17) is 4.74 Å². The molecule has 1 saturated heterocycles. The van der Waals surface area contributed by atoms with Crippen molar-refractivity contribution in [3.8, 4) is 0 Å². The summed E-state index contributed by atoms with van der Waals surface area (Å²) in [6.45, 7) is 3.44. The summed E-state index contributed by atoms with van der Waals surface area (Å²) < 4.78 is 5.38. The molecule has 0 saturated carbocycles. The van der Waals surface area contributed by atoms with Crippen LogP contribution >= 0.6 is 11.3 Å². The summed E-state index contributed by atoms with van der Waals surface area (Å²) >= 11 is 1.39. The number of morpholine rings is 1. The van der Waals surface area contributed by atoms with Gasteiger partial charge in [0.15, 0.2) is 0 Å². The maximum atomic E-state index is 12.7. The summed E-state index contributed by atoms with van der Waals surface area (Å²) in [5.74, 6) is -0.647. The minimum Gasteiger partial charge on any atom is -0.378 e. The maximum Gasteiger partial charge on any atom is 0.261 e. The van der Waals surface area contributed by atoms with Gasteiger partial charge in [0.05, 0.1) is 24.6 Å². The van der Waals surface area contributed by atoms with Gasteiger partial charge in [-0.2, -0.15) is 0 Å². The van der Waals surface area contributed by atoms with Gasteiger partial charge in [-0.1, -0.05) is 18.2 Å². The molecule has 0 radical (unpaired) electrons. The fraction of sp³-hybridized carbons (Fsp3) is 0.269. The molecule has 2 aromatic carbocycles. The second-order valence-corrected chi connectivity index (χ2v) is 9.16. The highest BCUT2D eigenvalue weighted by molar-refractivity contribution is 7.12. The third-order valence-electron chi connectivity index (χ3n) is 5.65. The third-order valence-corrected chi connectivity index (χ3v) is 6.52. The number of hydrogen-bond donors (Lipinski definition) is 2. The largest absolute Gasteiger partial charge is 0.378 e. The SMILES string of the molecule is CN(CC(=O)Nc1ccc(N2CCOCC2)cc1)C(=O)c1ccc(CNC(=O)c2cccs2)cc1. The molecule has 1 aliphatic heterocycles. The topological polar surface area (TPSA) is 91.0 Å². The Morgan fingerprint density at radius 3 is 2.37 bits per heavy atom. The Morgan fingerprint density at radius 1 is 1.00 bits per heavy atom. The van der Waals surface area contributed by atoms with Crippen LogP contribution in [0.1, 0.15) is 25.6 Å². The van der Waals surface area contributed by atoms with Crippen molar-refractivity contribution in [2.24, 2.45) is 0 Å². The molecule has 1 fully saturated rings. The molecular weight excluding hydrogens is 464 g/mol. The maximum absolute atomic E-state index is 12.7. The summed E-state index contributed by atoms with van der Waals surface area (Å²) in [4.78, 5) is 41.6. The summed E-state index contributed by atoms with van der Waals surface area (Å²) in [5.41, 5.74) is 3.13. The number of anilines is 2. The zero-order valence-electron chi connectivity index (χ0n) is 19.5. The van der Waals surface area contributed by atoms with Gasteiger partial charge >= 0.3 is 0 Å². The standard InChI is InChI=1S/C26H28N4O4S/c1-29(18-24(31)28-21-8-10-22(11-9-21)30-12-14-34-15-13-30)26(33)20-6-4-19(5-7-20)17-27-25(32)23-3-2-16-35-23/h2-11,16H,12-15,17-18H2,1H3,(H,27,32)(H,28,31). The van der Waals surface area contributed by atoms with Crippen molar-refractivity contribution in [2.75, 3.05) is 50.1 Å². The highest BCUT2D eigenvalue weighted by atomic mass is 32.1. The third kappa shape index (κ3) is 6.68. The summed E-state index contributed by atoms with van der Waals surface area (Å²) in [6.07, 6.45) is 0. The summed E-state index contributed by atoms with van der Waals surface area (Å²) in [6, 6.07) is 18.3. The molecule has 0 spiro atoms. The normalized spacial score (nSPS) is 13.2. The molecule has 3 aromatic rings. The molecule has 4 rings (SSSR count). The van der Waals surface area contributed by atoms with Gasteiger partial charge in [0, 0.05) is 43.6 Å². The van der Waals surface area contributed by atoms with Gasteiger partial charge in [-0.25, -0.2) is 0 Å². The van der Waals surface area contributed by atoms with Crippen LogP contribution in [-0.2, 0) is 16.1 Å². The number of ether oxygens (including phenoxy) is 1. The Labute approximate surface area is 208 Å². The second kappa shape index (κ2) is 11.6. The average Bonchev–Trinajstić information content (AvgIpc) is 3.43. The molecule has 2 N–H and O–H groups in total. The van der Waals surface area contributed by atoms with E-state index >= 15 is 0 Å². The molecule has 8 nitrogen and oxygen atoms in total. The first-order valence-corrected chi connectivity index (χ1v) is 12.3. The van der Waals surface area contributed by atoms with Gasteiger partial charge in [-0.05, 0) is 53.4 Å². The lowest BCUT2D eigenvalue weighted by molar-refractivity contribution is -0.116. The number of likely N-dealkylation sites (N-methyl/N-ethyl adjacent to an activating group) is 1. The fourth-order valence-electron chi connectivity index (χ4n) is 3.73.